The molecule has 0 saturated heterocycles. The van der Waals surface area contributed by atoms with Gasteiger partial charge in [0.1, 0.15) is 11.3 Å². The van der Waals surface area contributed by atoms with E-state index in [-0.39, 0.29) is 18.0 Å². The van der Waals surface area contributed by atoms with Gasteiger partial charge in [-0.25, -0.2) is 4.79 Å². The van der Waals surface area contributed by atoms with E-state index in [4.69, 9.17) is 21.1 Å². The fourth-order valence-corrected chi connectivity index (χ4v) is 4.21. The van der Waals surface area contributed by atoms with Crippen LogP contribution in [-0.4, -0.2) is 41.9 Å². The van der Waals surface area contributed by atoms with E-state index < -0.39 is 23.9 Å². The molecule has 0 aromatic heterocycles. The lowest BCUT2D eigenvalue weighted by Gasteiger charge is -2.43. The van der Waals surface area contributed by atoms with Crippen molar-refractivity contribution in [1.82, 2.24) is 4.90 Å². The van der Waals surface area contributed by atoms with Crippen LogP contribution in [0.2, 0.25) is 5.02 Å². The molecule has 0 spiro atoms. The Morgan fingerprint density at radius 1 is 1.13 bits per heavy atom. The molecule has 0 radical (unpaired) electrons. The summed E-state index contributed by atoms with van der Waals surface area (Å²) in [5.74, 6) is -0.536. The van der Waals surface area contributed by atoms with E-state index in [1.54, 1.807) is 24.3 Å². The van der Waals surface area contributed by atoms with E-state index in [0.29, 0.717) is 42.7 Å². The zero-order chi connectivity index (χ0) is 23.0. The van der Waals surface area contributed by atoms with E-state index in [1.165, 1.54) is 25.8 Å². The van der Waals surface area contributed by atoms with Crippen LogP contribution in [0.25, 0.3) is 0 Å². The molecule has 1 aliphatic rings. The van der Waals surface area contributed by atoms with Gasteiger partial charge in [0.05, 0.1) is 0 Å². The number of hydrogen-bond acceptors (Lipinski definition) is 6. The first-order valence-electron chi connectivity index (χ1n) is 10.6. The first-order chi connectivity index (χ1) is 14.7. The maximum Gasteiger partial charge on any atom is 0.413 e. The summed E-state index contributed by atoms with van der Waals surface area (Å²) in [4.78, 5) is 50.1. The molecule has 1 aliphatic carbocycles. The van der Waals surface area contributed by atoms with Gasteiger partial charge in [-0.3, -0.25) is 14.5 Å². The number of benzene rings is 1. The van der Waals surface area contributed by atoms with Crippen molar-refractivity contribution < 1.29 is 28.7 Å². The van der Waals surface area contributed by atoms with Gasteiger partial charge in [0.2, 0.25) is 6.29 Å². The fourth-order valence-electron chi connectivity index (χ4n) is 3.92. The van der Waals surface area contributed by atoms with Crippen LogP contribution in [0.1, 0.15) is 70.8 Å². The third-order valence-electron chi connectivity index (χ3n) is 5.54. The third-order valence-corrected chi connectivity index (χ3v) is 5.87. The number of rotatable bonds is 9. The molecule has 0 aliphatic heterocycles. The Balaban J connectivity index is 2.05. The van der Waals surface area contributed by atoms with Crippen molar-refractivity contribution in [1.29, 1.82) is 0 Å². The average molecular weight is 452 g/mol. The number of amides is 1. The highest BCUT2D eigenvalue weighted by Crippen LogP contribution is 2.42. The maximum absolute atomic E-state index is 13.1. The van der Waals surface area contributed by atoms with Crippen LogP contribution in [0, 0.1) is 0 Å². The minimum atomic E-state index is -1.22. The van der Waals surface area contributed by atoms with Gasteiger partial charge in [0, 0.05) is 43.8 Å². The summed E-state index contributed by atoms with van der Waals surface area (Å²) in [5.41, 5.74) is -0.652. The highest BCUT2D eigenvalue weighted by Gasteiger charge is 2.48. The SMILES string of the molecule is CC(=O)CCCCC(=O)OC(C)OC(=O)N(C)[C@]1(c2ccccc2Cl)CCCCC1=O. The third kappa shape index (κ3) is 6.29. The number of ether oxygens (including phenoxy) is 2. The number of unbranched alkanes of at least 4 members (excludes halogenated alkanes) is 1. The molecule has 1 fully saturated rings. The van der Waals surface area contributed by atoms with Crippen LogP contribution in [0.5, 0.6) is 0 Å². The minimum absolute atomic E-state index is 0.0726. The van der Waals surface area contributed by atoms with E-state index >= 15 is 0 Å². The van der Waals surface area contributed by atoms with Crippen molar-refractivity contribution in [3.63, 3.8) is 0 Å². The summed E-state index contributed by atoms with van der Waals surface area (Å²) in [7, 11) is 1.51. The van der Waals surface area contributed by atoms with Gasteiger partial charge in [0.25, 0.3) is 0 Å². The zero-order valence-electron chi connectivity index (χ0n) is 18.3. The molecule has 1 aromatic rings. The Hall–Kier alpha value is -2.41. The number of Topliss-reactive ketones (excluding diaryl/α,β-unsaturated/α-hetero) is 2. The van der Waals surface area contributed by atoms with E-state index in [9.17, 15) is 19.2 Å². The van der Waals surface area contributed by atoms with Gasteiger partial charge >= 0.3 is 12.1 Å². The smallest absolute Gasteiger partial charge is 0.413 e. The predicted octanol–water partition coefficient (Wildman–Crippen LogP) is 4.79. The number of ketones is 2. The van der Waals surface area contributed by atoms with Gasteiger partial charge in [-0.2, -0.15) is 0 Å². The molecular weight excluding hydrogens is 422 g/mol. The Bertz CT molecular complexity index is 826. The quantitative estimate of drug-likeness (QED) is 0.304. The molecule has 0 bridgehead atoms. The van der Waals surface area contributed by atoms with Crippen LogP contribution >= 0.6 is 11.6 Å². The highest BCUT2D eigenvalue weighted by atomic mass is 35.5. The summed E-state index contributed by atoms with van der Waals surface area (Å²) in [6.45, 7) is 2.95. The monoisotopic (exact) mass is 451 g/mol. The Kier molecular flexibility index (Phi) is 9.04. The van der Waals surface area contributed by atoms with Crippen molar-refractivity contribution in [2.75, 3.05) is 7.05 Å². The molecule has 31 heavy (non-hydrogen) atoms. The number of likely N-dealkylation sites (N-methyl/N-ethyl adjacent to an activating group) is 1. The van der Waals surface area contributed by atoms with Crippen molar-refractivity contribution >= 4 is 35.2 Å². The number of carbonyl (C=O) groups is 4. The lowest BCUT2D eigenvalue weighted by Crippen LogP contribution is -2.54. The van der Waals surface area contributed by atoms with Crippen molar-refractivity contribution in [3.05, 3.63) is 34.9 Å². The number of esters is 1. The largest absolute Gasteiger partial charge is 0.425 e. The number of nitrogens with zero attached hydrogens (tertiary/aromatic N) is 1. The molecule has 8 heteroatoms. The Morgan fingerprint density at radius 2 is 1.81 bits per heavy atom. The van der Waals surface area contributed by atoms with Crippen LogP contribution in [-0.2, 0) is 29.4 Å². The summed E-state index contributed by atoms with van der Waals surface area (Å²) in [6, 6.07) is 6.99. The number of carbonyl (C=O) groups excluding carboxylic acids is 4. The Labute approximate surface area is 188 Å². The summed E-state index contributed by atoms with van der Waals surface area (Å²) >= 11 is 6.39. The summed E-state index contributed by atoms with van der Waals surface area (Å²) in [5, 5.41) is 0.405. The number of hydrogen-bond donors (Lipinski definition) is 0. The van der Waals surface area contributed by atoms with Crippen molar-refractivity contribution in [3.8, 4) is 0 Å². The molecule has 0 heterocycles. The second-order valence-corrected chi connectivity index (χ2v) is 8.29. The molecular formula is C23H30ClNO6. The average Bonchev–Trinajstić information content (AvgIpc) is 2.71. The van der Waals surface area contributed by atoms with Gasteiger partial charge in [0.15, 0.2) is 5.78 Å². The molecule has 1 unspecified atom stereocenters. The standard InChI is InChI=1S/C23H30ClNO6/c1-16(26)10-4-7-14-21(28)30-17(2)31-22(29)25(3)23(15-9-8-13-20(23)27)18-11-5-6-12-19(18)24/h5-6,11-12,17H,4,7-10,13-15H2,1-3H3/t17?,23-/m0/s1. The van der Waals surface area contributed by atoms with Crippen molar-refractivity contribution in [2.45, 2.75) is 77.0 Å². The zero-order valence-corrected chi connectivity index (χ0v) is 19.1. The van der Waals surface area contributed by atoms with E-state index in [0.717, 1.165) is 12.8 Å². The minimum Gasteiger partial charge on any atom is -0.425 e. The molecule has 1 saturated carbocycles. The molecule has 1 amide bonds. The second kappa shape index (κ2) is 11.3. The van der Waals surface area contributed by atoms with Gasteiger partial charge in [-0.05, 0) is 45.1 Å². The number of halogens is 1. The summed E-state index contributed by atoms with van der Waals surface area (Å²) < 4.78 is 10.5. The fraction of sp³-hybridized carbons (Fsp3) is 0.565. The molecule has 2 atom stereocenters. The lowest BCUT2D eigenvalue weighted by molar-refractivity contribution is -0.167. The van der Waals surface area contributed by atoms with Gasteiger partial charge < -0.3 is 14.3 Å². The van der Waals surface area contributed by atoms with Crippen LogP contribution < -0.4 is 0 Å². The van der Waals surface area contributed by atoms with Crippen LogP contribution in [0.3, 0.4) is 0 Å². The highest BCUT2D eigenvalue weighted by molar-refractivity contribution is 6.31. The molecule has 7 nitrogen and oxygen atoms in total. The Morgan fingerprint density at radius 3 is 2.45 bits per heavy atom. The molecule has 0 N–H and O–H groups in total. The first-order valence-corrected chi connectivity index (χ1v) is 11.0. The maximum atomic E-state index is 13.1. The summed E-state index contributed by atoms with van der Waals surface area (Å²) in [6.07, 6.45) is 2.08. The van der Waals surface area contributed by atoms with Crippen molar-refractivity contribution in [2.24, 2.45) is 0 Å². The van der Waals surface area contributed by atoms with Crippen LogP contribution in [0.4, 0.5) is 4.79 Å². The normalized spacial score (nSPS) is 19.4. The molecule has 170 valence electrons. The van der Waals surface area contributed by atoms with Gasteiger partial charge in [-0.1, -0.05) is 29.8 Å². The second-order valence-electron chi connectivity index (χ2n) is 7.88. The van der Waals surface area contributed by atoms with E-state index in [2.05, 4.69) is 0 Å². The van der Waals surface area contributed by atoms with Gasteiger partial charge in [-0.15, -0.1) is 0 Å². The predicted molar refractivity (Wildman–Crippen MR) is 116 cm³/mol. The van der Waals surface area contributed by atoms with E-state index in [1.807, 2.05) is 0 Å². The first kappa shape index (κ1) is 24.9. The topological polar surface area (TPSA) is 90.0 Å². The molecule has 1 aromatic carbocycles. The van der Waals surface area contributed by atoms with Crippen LogP contribution in [0.15, 0.2) is 24.3 Å². The lowest BCUT2D eigenvalue weighted by atomic mass is 9.74. The molecule has 2 rings (SSSR count).